The van der Waals surface area contributed by atoms with Crippen LogP contribution in [0.5, 0.6) is 0 Å². The standard InChI is InChI=1S/C24H17N7OS/c1-12(32)19-7-8-20(33-19)15-3-2-4-17-21(15)29-24(28-17)23-22-18(30-31-23)6-5-16(27-22)13-9-14(25)11-26-10-13/h2-11H,25H2,1H3,(H,28,29)(H,30,31). The van der Waals surface area contributed by atoms with Crippen molar-refractivity contribution in [2.45, 2.75) is 6.92 Å². The Bertz CT molecular complexity index is 1680. The smallest absolute Gasteiger partial charge is 0.169 e. The fourth-order valence-electron chi connectivity index (χ4n) is 3.84. The summed E-state index contributed by atoms with van der Waals surface area (Å²) in [5.41, 5.74) is 12.8. The van der Waals surface area contributed by atoms with Crippen LogP contribution in [0.1, 0.15) is 16.6 Å². The Morgan fingerprint density at radius 1 is 1.00 bits per heavy atom. The first-order valence-corrected chi connectivity index (χ1v) is 11.0. The molecular formula is C24H17N7OS. The lowest BCUT2D eigenvalue weighted by Gasteiger charge is -2.02. The second-order valence-electron chi connectivity index (χ2n) is 7.68. The average molecular weight is 452 g/mol. The molecule has 160 valence electrons. The van der Waals surface area contributed by atoms with Crippen LogP contribution < -0.4 is 5.73 Å². The molecule has 0 amide bonds. The van der Waals surface area contributed by atoms with E-state index in [2.05, 4.69) is 20.2 Å². The number of Topliss-reactive ketones (excluding diaryl/α,β-unsaturated/α-hetero) is 1. The molecule has 6 rings (SSSR count). The van der Waals surface area contributed by atoms with Gasteiger partial charge in [0, 0.05) is 28.4 Å². The molecule has 5 heterocycles. The lowest BCUT2D eigenvalue weighted by atomic mass is 10.1. The third-order valence-corrected chi connectivity index (χ3v) is 6.64. The highest BCUT2D eigenvalue weighted by molar-refractivity contribution is 7.17. The molecule has 0 fully saturated rings. The van der Waals surface area contributed by atoms with Gasteiger partial charge in [-0.05, 0) is 43.3 Å². The maximum Gasteiger partial charge on any atom is 0.169 e. The van der Waals surface area contributed by atoms with Crippen molar-refractivity contribution in [2.24, 2.45) is 0 Å². The number of benzene rings is 1. The zero-order valence-electron chi connectivity index (χ0n) is 17.5. The predicted molar refractivity (Wildman–Crippen MR) is 130 cm³/mol. The van der Waals surface area contributed by atoms with Crippen LogP contribution in [-0.2, 0) is 0 Å². The third-order valence-electron chi connectivity index (χ3n) is 5.42. The first-order valence-electron chi connectivity index (χ1n) is 10.2. The number of ketones is 1. The highest BCUT2D eigenvalue weighted by Crippen LogP contribution is 2.35. The quantitative estimate of drug-likeness (QED) is 0.321. The summed E-state index contributed by atoms with van der Waals surface area (Å²) in [6.45, 7) is 1.58. The third kappa shape index (κ3) is 3.26. The van der Waals surface area contributed by atoms with Crippen molar-refractivity contribution in [2.75, 3.05) is 5.73 Å². The van der Waals surface area contributed by atoms with Gasteiger partial charge in [-0.2, -0.15) is 5.10 Å². The number of pyridine rings is 2. The first-order chi connectivity index (χ1) is 16.1. The number of aromatic amines is 2. The van der Waals surface area contributed by atoms with Crippen molar-refractivity contribution in [3.63, 3.8) is 0 Å². The van der Waals surface area contributed by atoms with Crippen LogP contribution in [0, 0.1) is 0 Å². The number of fused-ring (bicyclic) bond motifs is 2. The zero-order valence-corrected chi connectivity index (χ0v) is 18.3. The highest BCUT2D eigenvalue weighted by Gasteiger charge is 2.17. The molecule has 9 heteroatoms. The van der Waals surface area contributed by atoms with Gasteiger partial charge in [-0.15, -0.1) is 11.3 Å². The number of aromatic nitrogens is 6. The largest absolute Gasteiger partial charge is 0.397 e. The van der Waals surface area contributed by atoms with Crippen molar-refractivity contribution in [1.29, 1.82) is 0 Å². The van der Waals surface area contributed by atoms with E-state index in [1.54, 1.807) is 19.3 Å². The van der Waals surface area contributed by atoms with E-state index in [-0.39, 0.29) is 5.78 Å². The molecule has 0 aliphatic heterocycles. The molecule has 0 saturated heterocycles. The minimum Gasteiger partial charge on any atom is -0.397 e. The Hall–Kier alpha value is -4.37. The molecule has 0 saturated carbocycles. The molecule has 0 spiro atoms. The Morgan fingerprint density at radius 2 is 1.91 bits per heavy atom. The number of carbonyl (C=O) groups is 1. The SMILES string of the molecule is CC(=O)c1ccc(-c2cccc3[nH]c(-c4n[nH]c5ccc(-c6cncc(N)c6)nc45)nc23)s1. The predicted octanol–water partition coefficient (Wildman–Crippen LogP) is 5.08. The van der Waals surface area contributed by atoms with Gasteiger partial charge in [-0.25, -0.2) is 9.97 Å². The van der Waals surface area contributed by atoms with Gasteiger partial charge in [0.15, 0.2) is 17.3 Å². The summed E-state index contributed by atoms with van der Waals surface area (Å²) in [6.07, 6.45) is 3.33. The van der Waals surface area contributed by atoms with E-state index in [9.17, 15) is 4.79 Å². The van der Waals surface area contributed by atoms with Gasteiger partial charge in [0.25, 0.3) is 0 Å². The van der Waals surface area contributed by atoms with Gasteiger partial charge in [0.05, 0.1) is 32.8 Å². The number of para-hydroxylation sites is 1. The number of nitrogens with two attached hydrogens (primary N) is 1. The Morgan fingerprint density at radius 3 is 2.73 bits per heavy atom. The molecule has 8 nitrogen and oxygen atoms in total. The zero-order chi connectivity index (χ0) is 22.5. The summed E-state index contributed by atoms with van der Waals surface area (Å²) < 4.78 is 0. The molecule has 1 aromatic carbocycles. The normalized spacial score (nSPS) is 11.4. The number of nitrogens with zero attached hydrogens (tertiary/aromatic N) is 4. The van der Waals surface area contributed by atoms with E-state index in [1.807, 2.05) is 48.5 Å². The molecule has 6 aromatic rings. The Labute approximate surface area is 191 Å². The van der Waals surface area contributed by atoms with Crippen LogP contribution in [0.3, 0.4) is 0 Å². The summed E-state index contributed by atoms with van der Waals surface area (Å²) in [7, 11) is 0. The first kappa shape index (κ1) is 19.3. The summed E-state index contributed by atoms with van der Waals surface area (Å²) in [6, 6.07) is 15.4. The maximum atomic E-state index is 11.7. The Balaban J connectivity index is 1.48. The van der Waals surface area contributed by atoms with Crippen LogP contribution in [-0.4, -0.2) is 35.9 Å². The summed E-state index contributed by atoms with van der Waals surface area (Å²) in [5, 5.41) is 7.51. The molecule has 0 radical (unpaired) electrons. The maximum absolute atomic E-state index is 11.7. The van der Waals surface area contributed by atoms with Crippen molar-refractivity contribution in [1.82, 2.24) is 30.1 Å². The van der Waals surface area contributed by atoms with Gasteiger partial charge in [-0.3, -0.25) is 14.9 Å². The van der Waals surface area contributed by atoms with Gasteiger partial charge in [0.2, 0.25) is 0 Å². The highest BCUT2D eigenvalue weighted by atomic mass is 32.1. The average Bonchev–Trinajstić information content (AvgIpc) is 3.55. The lowest BCUT2D eigenvalue weighted by molar-refractivity contribution is 0.102. The fraction of sp³-hybridized carbons (Fsp3) is 0.0417. The molecular weight excluding hydrogens is 434 g/mol. The van der Waals surface area contributed by atoms with Gasteiger partial charge < -0.3 is 10.7 Å². The molecule has 0 bridgehead atoms. The fourth-order valence-corrected chi connectivity index (χ4v) is 4.77. The van der Waals surface area contributed by atoms with Crippen LogP contribution in [0.4, 0.5) is 5.69 Å². The van der Waals surface area contributed by atoms with E-state index in [4.69, 9.17) is 15.7 Å². The van der Waals surface area contributed by atoms with E-state index in [0.717, 1.165) is 43.1 Å². The van der Waals surface area contributed by atoms with Crippen molar-refractivity contribution in [3.05, 3.63) is 65.8 Å². The number of nitrogen functional groups attached to an aromatic ring is 1. The van der Waals surface area contributed by atoms with Crippen molar-refractivity contribution >= 4 is 44.9 Å². The summed E-state index contributed by atoms with van der Waals surface area (Å²) in [5.74, 6) is 0.670. The van der Waals surface area contributed by atoms with Gasteiger partial charge >= 0.3 is 0 Å². The lowest BCUT2D eigenvalue weighted by Crippen LogP contribution is -1.90. The van der Waals surface area contributed by atoms with E-state index < -0.39 is 0 Å². The number of hydrogen-bond donors (Lipinski definition) is 3. The van der Waals surface area contributed by atoms with Crippen LogP contribution in [0.25, 0.3) is 55.3 Å². The summed E-state index contributed by atoms with van der Waals surface area (Å²) >= 11 is 1.47. The number of thiophene rings is 1. The van der Waals surface area contributed by atoms with E-state index >= 15 is 0 Å². The molecule has 0 aliphatic rings. The number of anilines is 1. The number of imidazole rings is 1. The van der Waals surface area contributed by atoms with Crippen LogP contribution in [0.2, 0.25) is 0 Å². The van der Waals surface area contributed by atoms with E-state index in [0.29, 0.717) is 22.7 Å². The number of nitrogens with one attached hydrogen (secondary N) is 2. The van der Waals surface area contributed by atoms with Gasteiger partial charge in [0.1, 0.15) is 5.52 Å². The topological polar surface area (TPSA) is 126 Å². The van der Waals surface area contributed by atoms with Gasteiger partial charge in [-0.1, -0.05) is 12.1 Å². The van der Waals surface area contributed by atoms with E-state index in [1.165, 1.54) is 11.3 Å². The minimum absolute atomic E-state index is 0.0568. The minimum atomic E-state index is 0.0568. The molecule has 0 atom stereocenters. The number of H-pyrrole nitrogens is 2. The number of rotatable bonds is 4. The molecule has 0 aliphatic carbocycles. The molecule has 5 aromatic heterocycles. The van der Waals surface area contributed by atoms with Crippen molar-refractivity contribution in [3.8, 4) is 33.2 Å². The number of hydrogen-bond acceptors (Lipinski definition) is 7. The molecule has 0 unspecified atom stereocenters. The number of carbonyl (C=O) groups excluding carboxylic acids is 1. The second kappa shape index (κ2) is 7.35. The molecule has 4 N–H and O–H groups in total. The monoisotopic (exact) mass is 451 g/mol. The Kier molecular flexibility index (Phi) is 4.30. The summed E-state index contributed by atoms with van der Waals surface area (Å²) in [4.78, 5) is 30.7. The van der Waals surface area contributed by atoms with Crippen LogP contribution >= 0.6 is 11.3 Å². The molecule has 33 heavy (non-hydrogen) atoms. The second-order valence-corrected chi connectivity index (χ2v) is 8.76. The van der Waals surface area contributed by atoms with Crippen LogP contribution in [0.15, 0.2) is 60.9 Å². The van der Waals surface area contributed by atoms with Crippen molar-refractivity contribution < 1.29 is 4.79 Å².